The number of fused-ring (bicyclic) bond motifs is 6. The zero-order chi connectivity index (χ0) is 29.9. The maximum absolute atomic E-state index is 2.43. The molecule has 0 aliphatic carbocycles. The summed E-state index contributed by atoms with van der Waals surface area (Å²) >= 11 is 0. The highest BCUT2D eigenvalue weighted by Gasteiger charge is 2.19. The highest BCUT2D eigenvalue weighted by molar-refractivity contribution is 6.11. The van der Waals surface area contributed by atoms with Crippen LogP contribution in [0.2, 0.25) is 0 Å². The molecule has 0 aliphatic rings. The standard InChI is InChI=1S/C43H30N2/c1-29-30(32-15-2-8-23-38(32)44-40-25-10-4-17-34(40)35-18-5-11-26-41(35)44)21-14-22-31(29)33-16-3-9-24-39(33)45-42-27-12-6-19-36(42)37-20-7-13-28-43(37)45/h2-28H,1H3. The third-order valence-corrected chi connectivity index (χ3v) is 9.36. The van der Waals surface area contributed by atoms with Gasteiger partial charge in [-0.05, 0) is 60.0 Å². The van der Waals surface area contributed by atoms with Gasteiger partial charge in [-0.15, -0.1) is 0 Å². The highest BCUT2D eigenvalue weighted by atomic mass is 15.0. The van der Waals surface area contributed by atoms with Crippen molar-refractivity contribution in [2.24, 2.45) is 0 Å². The van der Waals surface area contributed by atoms with Gasteiger partial charge in [0, 0.05) is 32.7 Å². The van der Waals surface area contributed by atoms with Crippen LogP contribution < -0.4 is 0 Å². The highest BCUT2D eigenvalue weighted by Crippen LogP contribution is 2.41. The van der Waals surface area contributed by atoms with Crippen LogP contribution in [0.1, 0.15) is 5.56 Å². The minimum absolute atomic E-state index is 1.19. The fourth-order valence-corrected chi connectivity index (χ4v) is 7.38. The van der Waals surface area contributed by atoms with Crippen LogP contribution in [-0.4, -0.2) is 9.13 Å². The maximum Gasteiger partial charge on any atom is 0.0541 e. The molecular formula is C43H30N2. The van der Waals surface area contributed by atoms with Gasteiger partial charge in [0.05, 0.1) is 33.4 Å². The molecule has 2 nitrogen and oxygen atoms in total. The van der Waals surface area contributed by atoms with Gasteiger partial charge in [-0.25, -0.2) is 0 Å². The van der Waals surface area contributed by atoms with Gasteiger partial charge in [0.1, 0.15) is 0 Å². The van der Waals surface area contributed by atoms with Crippen molar-refractivity contribution in [1.29, 1.82) is 0 Å². The van der Waals surface area contributed by atoms with E-state index in [2.05, 4.69) is 180 Å². The number of para-hydroxylation sites is 6. The summed E-state index contributed by atoms with van der Waals surface area (Å²) in [6.45, 7) is 2.27. The predicted molar refractivity (Wildman–Crippen MR) is 191 cm³/mol. The van der Waals surface area contributed by atoms with Gasteiger partial charge in [0.15, 0.2) is 0 Å². The Morgan fingerprint density at radius 2 is 0.578 bits per heavy atom. The fraction of sp³-hybridized carbons (Fsp3) is 0.0233. The average Bonchev–Trinajstić information content (AvgIpc) is 3.62. The molecule has 212 valence electrons. The van der Waals surface area contributed by atoms with Crippen LogP contribution in [0.15, 0.2) is 164 Å². The van der Waals surface area contributed by atoms with Crippen LogP contribution in [-0.2, 0) is 0 Å². The molecule has 2 heteroatoms. The third-order valence-electron chi connectivity index (χ3n) is 9.36. The van der Waals surface area contributed by atoms with E-state index in [1.165, 1.54) is 82.8 Å². The van der Waals surface area contributed by atoms with E-state index >= 15 is 0 Å². The molecule has 0 spiro atoms. The first kappa shape index (κ1) is 25.6. The Hall–Kier alpha value is -5.86. The summed E-state index contributed by atoms with van der Waals surface area (Å²) in [7, 11) is 0. The van der Waals surface area contributed by atoms with Gasteiger partial charge in [-0.3, -0.25) is 0 Å². The van der Waals surface area contributed by atoms with Crippen molar-refractivity contribution in [3.8, 4) is 33.6 Å². The second kappa shape index (κ2) is 10.1. The molecule has 0 saturated carbocycles. The quantitative estimate of drug-likeness (QED) is 0.198. The minimum Gasteiger partial charge on any atom is -0.309 e. The van der Waals surface area contributed by atoms with E-state index in [1.54, 1.807) is 0 Å². The minimum atomic E-state index is 1.19. The molecule has 0 atom stereocenters. The van der Waals surface area contributed by atoms with Crippen LogP contribution in [0.25, 0.3) is 77.2 Å². The molecule has 9 aromatic rings. The number of benzene rings is 7. The van der Waals surface area contributed by atoms with Crippen LogP contribution in [0.5, 0.6) is 0 Å². The maximum atomic E-state index is 2.43. The Balaban J connectivity index is 1.28. The van der Waals surface area contributed by atoms with Gasteiger partial charge in [0.2, 0.25) is 0 Å². The second-order valence-electron chi connectivity index (χ2n) is 11.8. The van der Waals surface area contributed by atoms with Gasteiger partial charge >= 0.3 is 0 Å². The van der Waals surface area contributed by atoms with Crippen molar-refractivity contribution in [2.45, 2.75) is 6.92 Å². The molecule has 0 unspecified atom stereocenters. The Kier molecular flexibility index (Phi) is 5.76. The van der Waals surface area contributed by atoms with E-state index < -0.39 is 0 Å². The molecule has 0 radical (unpaired) electrons. The fourth-order valence-electron chi connectivity index (χ4n) is 7.38. The van der Waals surface area contributed by atoms with Crippen molar-refractivity contribution in [2.75, 3.05) is 0 Å². The number of rotatable bonds is 4. The number of nitrogens with zero attached hydrogens (tertiary/aromatic N) is 2. The summed E-state index contributed by atoms with van der Waals surface area (Å²) in [6.07, 6.45) is 0. The second-order valence-corrected chi connectivity index (χ2v) is 11.8. The smallest absolute Gasteiger partial charge is 0.0541 e. The first-order chi connectivity index (χ1) is 22.3. The lowest BCUT2D eigenvalue weighted by Gasteiger charge is -2.19. The van der Waals surface area contributed by atoms with Gasteiger partial charge in [-0.1, -0.05) is 127 Å². The summed E-state index contributed by atoms with van der Waals surface area (Å²) in [6, 6.07) is 59.4. The lowest BCUT2D eigenvalue weighted by molar-refractivity contribution is 1.18. The molecule has 2 heterocycles. The van der Waals surface area contributed by atoms with Crippen molar-refractivity contribution in [3.63, 3.8) is 0 Å². The van der Waals surface area contributed by atoms with E-state index in [4.69, 9.17) is 0 Å². The van der Waals surface area contributed by atoms with E-state index in [0.717, 1.165) is 0 Å². The lowest BCUT2D eigenvalue weighted by atomic mass is 9.91. The molecular weight excluding hydrogens is 544 g/mol. The largest absolute Gasteiger partial charge is 0.309 e. The number of hydrogen-bond donors (Lipinski definition) is 0. The van der Waals surface area contributed by atoms with Crippen LogP contribution in [0.4, 0.5) is 0 Å². The van der Waals surface area contributed by atoms with Gasteiger partial charge < -0.3 is 9.13 Å². The van der Waals surface area contributed by atoms with E-state index in [1.807, 2.05) is 0 Å². The number of aromatic nitrogens is 2. The average molecular weight is 575 g/mol. The molecule has 2 aromatic heterocycles. The lowest BCUT2D eigenvalue weighted by Crippen LogP contribution is -2.00. The first-order valence-electron chi connectivity index (χ1n) is 15.5. The molecule has 9 rings (SSSR count). The first-order valence-corrected chi connectivity index (χ1v) is 15.5. The van der Waals surface area contributed by atoms with Crippen molar-refractivity contribution in [1.82, 2.24) is 9.13 Å². The van der Waals surface area contributed by atoms with Gasteiger partial charge in [0.25, 0.3) is 0 Å². The molecule has 0 amide bonds. The molecule has 0 fully saturated rings. The molecule has 0 bridgehead atoms. The topological polar surface area (TPSA) is 9.86 Å². The van der Waals surface area contributed by atoms with Crippen LogP contribution in [0.3, 0.4) is 0 Å². The summed E-state index contributed by atoms with van der Waals surface area (Å²) in [5.41, 5.74) is 13.4. The number of hydrogen-bond acceptors (Lipinski definition) is 0. The SMILES string of the molecule is Cc1c(-c2ccccc2-n2c3ccccc3c3ccccc32)cccc1-c1ccccc1-n1c2ccccc2c2ccccc21. The summed E-state index contributed by atoms with van der Waals surface area (Å²) in [5.74, 6) is 0. The molecule has 0 saturated heterocycles. The monoisotopic (exact) mass is 574 g/mol. The molecule has 45 heavy (non-hydrogen) atoms. The molecule has 0 aliphatic heterocycles. The van der Waals surface area contributed by atoms with E-state index in [9.17, 15) is 0 Å². The molecule has 0 N–H and O–H groups in total. The Labute approximate surface area is 262 Å². The van der Waals surface area contributed by atoms with E-state index in [-0.39, 0.29) is 0 Å². The normalized spacial score (nSPS) is 11.7. The summed E-state index contributed by atoms with van der Waals surface area (Å²) < 4.78 is 4.86. The molecule has 7 aromatic carbocycles. The summed E-state index contributed by atoms with van der Waals surface area (Å²) in [4.78, 5) is 0. The third kappa shape index (κ3) is 3.82. The van der Waals surface area contributed by atoms with Gasteiger partial charge in [-0.2, -0.15) is 0 Å². The van der Waals surface area contributed by atoms with Crippen LogP contribution in [0, 0.1) is 6.92 Å². The zero-order valence-electron chi connectivity index (χ0n) is 25.0. The summed E-state index contributed by atoms with van der Waals surface area (Å²) in [5, 5.41) is 5.09. The predicted octanol–water partition coefficient (Wildman–Crippen LogP) is 11.5. The Morgan fingerprint density at radius 3 is 0.956 bits per heavy atom. The van der Waals surface area contributed by atoms with Crippen LogP contribution >= 0.6 is 0 Å². The van der Waals surface area contributed by atoms with E-state index in [0.29, 0.717) is 0 Å². The zero-order valence-corrected chi connectivity index (χ0v) is 25.0. The Morgan fingerprint density at radius 1 is 0.289 bits per heavy atom. The van der Waals surface area contributed by atoms with Crippen molar-refractivity contribution < 1.29 is 0 Å². The van der Waals surface area contributed by atoms with Crippen molar-refractivity contribution >= 4 is 43.6 Å². The van der Waals surface area contributed by atoms with Crippen molar-refractivity contribution in [3.05, 3.63) is 169 Å². The Bertz CT molecular complexity index is 2280.